The number of benzene rings is 1. The standard InChI is InChI=1S/C15H20O2/c1-2-3-4-5-6-7-10-13-11-8-9-12-14(13)15(16)17/h5-6,8-9,11-12H,2-4,7,10H2,1H3,(H,16,17). The summed E-state index contributed by atoms with van der Waals surface area (Å²) >= 11 is 0. The van der Waals surface area contributed by atoms with Crippen LogP contribution in [0.2, 0.25) is 0 Å². The first-order chi connectivity index (χ1) is 8.25. The molecule has 1 rings (SSSR count). The van der Waals surface area contributed by atoms with E-state index < -0.39 is 5.97 Å². The molecule has 0 aliphatic heterocycles. The minimum Gasteiger partial charge on any atom is -0.478 e. The summed E-state index contributed by atoms with van der Waals surface area (Å²) in [6.07, 6.45) is 9.60. The van der Waals surface area contributed by atoms with E-state index in [9.17, 15) is 4.79 Å². The van der Waals surface area contributed by atoms with Crippen LogP contribution in [0.15, 0.2) is 36.4 Å². The molecule has 92 valence electrons. The highest BCUT2D eigenvalue weighted by atomic mass is 16.4. The van der Waals surface area contributed by atoms with Gasteiger partial charge in [0.15, 0.2) is 0 Å². The number of unbranched alkanes of at least 4 members (excludes halogenated alkanes) is 2. The Labute approximate surface area is 103 Å². The molecule has 1 aromatic rings. The third-order valence-electron chi connectivity index (χ3n) is 2.72. The van der Waals surface area contributed by atoms with Crippen LogP contribution in [0, 0.1) is 0 Å². The number of hydrogen-bond donors (Lipinski definition) is 1. The summed E-state index contributed by atoms with van der Waals surface area (Å²) in [4.78, 5) is 11.0. The smallest absolute Gasteiger partial charge is 0.335 e. The lowest BCUT2D eigenvalue weighted by Crippen LogP contribution is -2.01. The lowest BCUT2D eigenvalue weighted by Gasteiger charge is -2.03. The van der Waals surface area contributed by atoms with Gasteiger partial charge >= 0.3 is 5.97 Å². The van der Waals surface area contributed by atoms with Crippen LogP contribution in [-0.4, -0.2) is 11.1 Å². The summed E-state index contributed by atoms with van der Waals surface area (Å²) in [5.41, 5.74) is 1.34. The van der Waals surface area contributed by atoms with Crippen molar-refractivity contribution in [1.29, 1.82) is 0 Å². The molecule has 0 aliphatic rings. The Morgan fingerprint density at radius 1 is 1.24 bits per heavy atom. The van der Waals surface area contributed by atoms with Gasteiger partial charge in [-0.05, 0) is 30.9 Å². The Hall–Kier alpha value is -1.57. The van der Waals surface area contributed by atoms with Crippen LogP contribution >= 0.6 is 0 Å². The van der Waals surface area contributed by atoms with Crippen LogP contribution in [0.1, 0.15) is 48.5 Å². The van der Waals surface area contributed by atoms with E-state index in [0.717, 1.165) is 24.8 Å². The van der Waals surface area contributed by atoms with Crippen LogP contribution in [0.5, 0.6) is 0 Å². The fourth-order valence-electron chi connectivity index (χ4n) is 1.74. The highest BCUT2D eigenvalue weighted by Crippen LogP contribution is 2.11. The SMILES string of the molecule is CCCCC=CCCc1ccccc1C(=O)O. The second-order valence-electron chi connectivity index (χ2n) is 4.11. The van der Waals surface area contributed by atoms with Crippen LogP contribution in [-0.2, 0) is 6.42 Å². The summed E-state index contributed by atoms with van der Waals surface area (Å²) in [5.74, 6) is -0.837. The zero-order valence-electron chi connectivity index (χ0n) is 10.4. The van der Waals surface area contributed by atoms with Crippen LogP contribution in [0.4, 0.5) is 0 Å². The predicted molar refractivity (Wildman–Crippen MR) is 70.4 cm³/mol. The minimum absolute atomic E-state index is 0.425. The van der Waals surface area contributed by atoms with Gasteiger partial charge in [0.05, 0.1) is 5.56 Å². The lowest BCUT2D eigenvalue weighted by molar-refractivity contribution is 0.0695. The lowest BCUT2D eigenvalue weighted by atomic mass is 10.0. The fourth-order valence-corrected chi connectivity index (χ4v) is 1.74. The molecule has 0 bridgehead atoms. The largest absolute Gasteiger partial charge is 0.478 e. The van der Waals surface area contributed by atoms with Gasteiger partial charge in [-0.2, -0.15) is 0 Å². The van der Waals surface area contributed by atoms with Gasteiger partial charge in [0.2, 0.25) is 0 Å². The maximum atomic E-state index is 11.0. The van der Waals surface area contributed by atoms with E-state index in [1.165, 1.54) is 12.8 Å². The fraction of sp³-hybridized carbons (Fsp3) is 0.400. The Kier molecular flexibility index (Phi) is 6.08. The third kappa shape index (κ3) is 4.85. The van der Waals surface area contributed by atoms with Crippen LogP contribution < -0.4 is 0 Å². The maximum Gasteiger partial charge on any atom is 0.335 e. The first-order valence-corrected chi connectivity index (χ1v) is 6.22. The Bertz CT molecular complexity index is 380. The Morgan fingerprint density at radius 2 is 1.94 bits per heavy atom. The number of rotatable bonds is 7. The second kappa shape index (κ2) is 7.66. The van der Waals surface area contributed by atoms with E-state index in [-0.39, 0.29) is 0 Å². The van der Waals surface area contributed by atoms with E-state index in [4.69, 9.17) is 5.11 Å². The average Bonchev–Trinajstić information content (AvgIpc) is 2.34. The summed E-state index contributed by atoms with van der Waals surface area (Å²) in [7, 11) is 0. The van der Waals surface area contributed by atoms with Crippen LogP contribution in [0.3, 0.4) is 0 Å². The van der Waals surface area contributed by atoms with Crippen molar-refractivity contribution < 1.29 is 9.90 Å². The molecule has 0 radical (unpaired) electrons. The van der Waals surface area contributed by atoms with Crippen molar-refractivity contribution in [2.45, 2.75) is 39.0 Å². The summed E-state index contributed by atoms with van der Waals surface area (Å²) in [6, 6.07) is 7.22. The molecule has 0 heterocycles. The van der Waals surface area contributed by atoms with E-state index in [1.807, 2.05) is 12.1 Å². The second-order valence-corrected chi connectivity index (χ2v) is 4.11. The number of aryl methyl sites for hydroxylation is 1. The molecule has 0 spiro atoms. The summed E-state index contributed by atoms with van der Waals surface area (Å²) in [6.45, 7) is 2.18. The van der Waals surface area contributed by atoms with Crippen molar-refractivity contribution in [1.82, 2.24) is 0 Å². The van der Waals surface area contributed by atoms with Gasteiger partial charge in [-0.1, -0.05) is 50.1 Å². The molecule has 0 unspecified atom stereocenters. The molecule has 0 amide bonds. The van der Waals surface area contributed by atoms with Gasteiger partial charge in [0.1, 0.15) is 0 Å². The molecule has 0 aliphatic carbocycles. The quantitative estimate of drug-likeness (QED) is 0.568. The van der Waals surface area contributed by atoms with E-state index in [2.05, 4.69) is 19.1 Å². The average molecular weight is 232 g/mol. The Balaban J connectivity index is 2.46. The van der Waals surface area contributed by atoms with Crippen molar-refractivity contribution >= 4 is 5.97 Å². The van der Waals surface area contributed by atoms with Gasteiger partial charge in [0, 0.05) is 0 Å². The molecule has 1 N–H and O–H groups in total. The van der Waals surface area contributed by atoms with Crippen LogP contribution in [0.25, 0.3) is 0 Å². The number of allylic oxidation sites excluding steroid dienone is 2. The molecule has 1 aromatic carbocycles. The first-order valence-electron chi connectivity index (χ1n) is 6.22. The van der Waals surface area contributed by atoms with Gasteiger partial charge in [-0.25, -0.2) is 4.79 Å². The molecule has 17 heavy (non-hydrogen) atoms. The molecule has 0 saturated carbocycles. The predicted octanol–water partition coefficient (Wildman–Crippen LogP) is 4.06. The monoisotopic (exact) mass is 232 g/mol. The molecular formula is C15H20O2. The zero-order valence-corrected chi connectivity index (χ0v) is 10.4. The van der Waals surface area contributed by atoms with Crippen molar-refractivity contribution in [2.75, 3.05) is 0 Å². The van der Waals surface area contributed by atoms with E-state index in [0.29, 0.717) is 5.56 Å². The van der Waals surface area contributed by atoms with E-state index >= 15 is 0 Å². The Morgan fingerprint density at radius 3 is 2.65 bits per heavy atom. The van der Waals surface area contributed by atoms with Gasteiger partial charge in [0.25, 0.3) is 0 Å². The zero-order chi connectivity index (χ0) is 12.5. The van der Waals surface area contributed by atoms with Gasteiger partial charge in [-0.15, -0.1) is 0 Å². The topological polar surface area (TPSA) is 37.3 Å². The van der Waals surface area contributed by atoms with Crippen molar-refractivity contribution in [3.8, 4) is 0 Å². The van der Waals surface area contributed by atoms with Gasteiger partial charge < -0.3 is 5.11 Å². The third-order valence-corrected chi connectivity index (χ3v) is 2.72. The maximum absolute atomic E-state index is 11.0. The minimum atomic E-state index is -0.837. The summed E-state index contributed by atoms with van der Waals surface area (Å²) in [5, 5.41) is 9.02. The summed E-state index contributed by atoms with van der Waals surface area (Å²) < 4.78 is 0. The normalized spacial score (nSPS) is 10.9. The first kappa shape index (κ1) is 13.5. The number of carbonyl (C=O) groups is 1. The molecule has 2 nitrogen and oxygen atoms in total. The number of hydrogen-bond acceptors (Lipinski definition) is 1. The molecule has 2 heteroatoms. The van der Waals surface area contributed by atoms with Crippen molar-refractivity contribution in [3.63, 3.8) is 0 Å². The molecule has 0 atom stereocenters. The highest BCUT2D eigenvalue weighted by molar-refractivity contribution is 5.89. The molecule has 0 saturated heterocycles. The van der Waals surface area contributed by atoms with Crippen molar-refractivity contribution in [2.24, 2.45) is 0 Å². The molecule has 0 fully saturated rings. The highest BCUT2D eigenvalue weighted by Gasteiger charge is 2.07. The van der Waals surface area contributed by atoms with Gasteiger partial charge in [-0.3, -0.25) is 0 Å². The number of carboxylic acids is 1. The number of carboxylic acid groups (broad SMARTS) is 1. The van der Waals surface area contributed by atoms with E-state index in [1.54, 1.807) is 12.1 Å². The molecular weight excluding hydrogens is 212 g/mol. The van der Waals surface area contributed by atoms with Crippen molar-refractivity contribution in [3.05, 3.63) is 47.5 Å². The molecule has 0 aromatic heterocycles. The number of aromatic carboxylic acids is 1.